The van der Waals surface area contributed by atoms with Crippen molar-refractivity contribution in [1.29, 1.82) is 0 Å². The molecule has 0 unspecified atom stereocenters. The number of allylic oxidation sites excluding steroid dienone is 2. The monoisotopic (exact) mass is 222 g/mol. The number of hydrogen-bond donors (Lipinski definition) is 0. The SMILES string of the molecule is ClCC=CCCCCCCCCCl. The van der Waals surface area contributed by atoms with E-state index in [0.717, 1.165) is 5.88 Å². The first kappa shape index (κ1) is 13.3. The molecule has 0 bridgehead atoms. The summed E-state index contributed by atoms with van der Waals surface area (Å²) in [5, 5.41) is 0. The predicted molar refractivity (Wildman–Crippen MR) is 62.9 cm³/mol. The molecule has 0 atom stereocenters. The molecule has 0 heterocycles. The molecule has 0 spiro atoms. The van der Waals surface area contributed by atoms with E-state index in [0.29, 0.717) is 5.88 Å². The first-order valence-corrected chi connectivity index (χ1v) is 6.25. The van der Waals surface area contributed by atoms with Crippen molar-refractivity contribution in [1.82, 2.24) is 0 Å². The minimum atomic E-state index is 0.649. The van der Waals surface area contributed by atoms with Crippen molar-refractivity contribution in [2.75, 3.05) is 11.8 Å². The molecule has 78 valence electrons. The van der Waals surface area contributed by atoms with Crippen molar-refractivity contribution in [3.63, 3.8) is 0 Å². The number of alkyl halides is 2. The van der Waals surface area contributed by atoms with Gasteiger partial charge < -0.3 is 0 Å². The van der Waals surface area contributed by atoms with E-state index in [1.807, 2.05) is 6.08 Å². The molecule has 13 heavy (non-hydrogen) atoms. The molecule has 0 aliphatic rings. The van der Waals surface area contributed by atoms with E-state index in [1.54, 1.807) is 0 Å². The molecule has 0 rings (SSSR count). The third-order valence-electron chi connectivity index (χ3n) is 2.01. The Morgan fingerprint density at radius 1 is 0.692 bits per heavy atom. The highest BCUT2D eigenvalue weighted by Gasteiger charge is 1.89. The zero-order valence-electron chi connectivity index (χ0n) is 8.27. The van der Waals surface area contributed by atoms with Gasteiger partial charge in [0, 0.05) is 11.8 Å². The second kappa shape index (κ2) is 12.3. The van der Waals surface area contributed by atoms with Gasteiger partial charge in [-0.25, -0.2) is 0 Å². The van der Waals surface area contributed by atoms with Gasteiger partial charge in [-0.2, -0.15) is 0 Å². The van der Waals surface area contributed by atoms with Gasteiger partial charge in [0.25, 0.3) is 0 Å². The van der Waals surface area contributed by atoms with Crippen LogP contribution in [0.25, 0.3) is 0 Å². The quantitative estimate of drug-likeness (QED) is 0.300. The van der Waals surface area contributed by atoms with E-state index < -0.39 is 0 Å². The van der Waals surface area contributed by atoms with E-state index in [9.17, 15) is 0 Å². The van der Waals surface area contributed by atoms with Crippen molar-refractivity contribution in [3.8, 4) is 0 Å². The molecular weight excluding hydrogens is 203 g/mol. The molecule has 0 aliphatic carbocycles. The molecule has 0 amide bonds. The molecule has 0 radical (unpaired) electrons. The summed E-state index contributed by atoms with van der Waals surface area (Å²) in [4.78, 5) is 0. The molecule has 0 aromatic heterocycles. The minimum absolute atomic E-state index is 0.649. The highest BCUT2D eigenvalue weighted by Crippen LogP contribution is 2.07. The summed E-state index contributed by atoms with van der Waals surface area (Å²) >= 11 is 11.1. The van der Waals surface area contributed by atoms with Crippen LogP contribution in [0, 0.1) is 0 Å². The van der Waals surface area contributed by atoms with Crippen LogP contribution in [-0.4, -0.2) is 11.8 Å². The fourth-order valence-corrected chi connectivity index (χ4v) is 1.56. The second-order valence-electron chi connectivity index (χ2n) is 3.22. The zero-order chi connectivity index (χ0) is 9.78. The molecule has 0 saturated carbocycles. The van der Waals surface area contributed by atoms with E-state index in [4.69, 9.17) is 23.2 Å². The lowest BCUT2D eigenvalue weighted by Gasteiger charge is -1.98. The fourth-order valence-electron chi connectivity index (χ4n) is 1.24. The number of hydrogen-bond acceptors (Lipinski definition) is 0. The Labute approximate surface area is 92.3 Å². The van der Waals surface area contributed by atoms with E-state index in [-0.39, 0.29) is 0 Å². The summed E-state index contributed by atoms with van der Waals surface area (Å²) in [5.74, 6) is 1.47. The van der Waals surface area contributed by atoms with Gasteiger partial charge in [0.05, 0.1) is 0 Å². The van der Waals surface area contributed by atoms with Crippen molar-refractivity contribution < 1.29 is 0 Å². The number of halogens is 2. The summed E-state index contributed by atoms with van der Waals surface area (Å²) in [6.07, 6.45) is 13.2. The third-order valence-corrected chi connectivity index (χ3v) is 2.46. The Bertz CT molecular complexity index is 111. The van der Waals surface area contributed by atoms with Gasteiger partial charge in [0.2, 0.25) is 0 Å². The minimum Gasteiger partial charge on any atom is -0.127 e. The maximum absolute atomic E-state index is 5.58. The van der Waals surface area contributed by atoms with E-state index >= 15 is 0 Å². The Balaban J connectivity index is 2.87. The van der Waals surface area contributed by atoms with Gasteiger partial charge >= 0.3 is 0 Å². The standard InChI is InChI=1S/C11H20Cl2/c12-10-8-6-4-2-1-3-5-7-9-11-13/h6,8H,1-5,7,9-11H2. The van der Waals surface area contributed by atoms with Crippen LogP contribution in [0.15, 0.2) is 12.2 Å². The smallest absolute Gasteiger partial charge is 0.0404 e. The lowest BCUT2D eigenvalue weighted by molar-refractivity contribution is 0.612. The largest absolute Gasteiger partial charge is 0.127 e. The molecule has 0 aliphatic heterocycles. The summed E-state index contributed by atoms with van der Waals surface area (Å²) in [6, 6.07) is 0. The predicted octanol–water partition coefficient (Wildman–Crippen LogP) is 4.75. The molecular formula is C11H20Cl2. The highest BCUT2D eigenvalue weighted by molar-refractivity contribution is 6.18. The number of unbranched alkanes of at least 4 members (excludes halogenated alkanes) is 6. The van der Waals surface area contributed by atoms with Crippen LogP contribution < -0.4 is 0 Å². The van der Waals surface area contributed by atoms with Crippen molar-refractivity contribution in [2.24, 2.45) is 0 Å². The topological polar surface area (TPSA) is 0 Å². The fraction of sp³-hybridized carbons (Fsp3) is 0.818. The van der Waals surface area contributed by atoms with Crippen LogP contribution in [0.4, 0.5) is 0 Å². The Morgan fingerprint density at radius 3 is 1.92 bits per heavy atom. The lowest BCUT2D eigenvalue weighted by Crippen LogP contribution is -1.80. The molecule has 0 N–H and O–H groups in total. The summed E-state index contributed by atoms with van der Waals surface area (Å²) in [5.41, 5.74) is 0. The molecule has 0 saturated heterocycles. The average molecular weight is 223 g/mol. The van der Waals surface area contributed by atoms with E-state index in [2.05, 4.69) is 6.08 Å². The highest BCUT2D eigenvalue weighted by atomic mass is 35.5. The van der Waals surface area contributed by atoms with Gasteiger partial charge in [0.15, 0.2) is 0 Å². The normalized spacial score (nSPS) is 11.2. The van der Waals surface area contributed by atoms with Crippen LogP contribution in [0.2, 0.25) is 0 Å². The van der Waals surface area contributed by atoms with Crippen LogP contribution in [0.3, 0.4) is 0 Å². The van der Waals surface area contributed by atoms with Crippen LogP contribution in [0.1, 0.15) is 44.9 Å². The van der Waals surface area contributed by atoms with Crippen LogP contribution >= 0.6 is 23.2 Å². The maximum Gasteiger partial charge on any atom is 0.0404 e. The Kier molecular flexibility index (Phi) is 12.6. The summed E-state index contributed by atoms with van der Waals surface area (Å²) in [7, 11) is 0. The van der Waals surface area contributed by atoms with Crippen molar-refractivity contribution >= 4 is 23.2 Å². The van der Waals surface area contributed by atoms with Gasteiger partial charge in [-0.05, 0) is 19.3 Å². The first-order valence-electron chi connectivity index (χ1n) is 5.18. The van der Waals surface area contributed by atoms with Gasteiger partial charge in [-0.3, -0.25) is 0 Å². The van der Waals surface area contributed by atoms with E-state index in [1.165, 1.54) is 44.9 Å². The number of rotatable bonds is 9. The molecule has 0 aromatic carbocycles. The van der Waals surface area contributed by atoms with Crippen molar-refractivity contribution in [3.05, 3.63) is 12.2 Å². The molecule has 2 heteroatoms. The Hall–Kier alpha value is 0.320. The Morgan fingerprint density at radius 2 is 1.31 bits per heavy atom. The van der Waals surface area contributed by atoms with Crippen LogP contribution in [0.5, 0.6) is 0 Å². The second-order valence-corrected chi connectivity index (χ2v) is 3.91. The van der Waals surface area contributed by atoms with Crippen LogP contribution in [-0.2, 0) is 0 Å². The lowest BCUT2D eigenvalue weighted by atomic mass is 10.1. The first-order chi connectivity index (χ1) is 6.41. The zero-order valence-corrected chi connectivity index (χ0v) is 9.79. The average Bonchev–Trinajstić information content (AvgIpc) is 2.16. The molecule has 0 aromatic rings. The van der Waals surface area contributed by atoms with Gasteiger partial charge in [0.1, 0.15) is 0 Å². The summed E-state index contributed by atoms with van der Waals surface area (Å²) in [6.45, 7) is 0. The third kappa shape index (κ3) is 12.3. The molecule has 0 nitrogen and oxygen atoms in total. The summed E-state index contributed by atoms with van der Waals surface area (Å²) < 4.78 is 0. The molecule has 0 fully saturated rings. The van der Waals surface area contributed by atoms with Gasteiger partial charge in [-0.15, -0.1) is 23.2 Å². The van der Waals surface area contributed by atoms with Crippen molar-refractivity contribution in [2.45, 2.75) is 44.9 Å². The maximum atomic E-state index is 5.58. The van der Waals surface area contributed by atoms with Gasteiger partial charge in [-0.1, -0.05) is 37.8 Å².